The van der Waals surface area contributed by atoms with Crippen LogP contribution in [-0.2, 0) is 4.79 Å². The number of amides is 1. The van der Waals surface area contributed by atoms with Crippen LogP contribution in [0.4, 0.5) is 0 Å². The third-order valence-electron chi connectivity index (χ3n) is 1.83. The fourth-order valence-corrected chi connectivity index (χ4v) is 1.29. The zero-order valence-corrected chi connectivity index (χ0v) is 6.55. The van der Waals surface area contributed by atoms with Crippen LogP contribution in [0.5, 0.6) is 0 Å². The van der Waals surface area contributed by atoms with E-state index in [1.807, 2.05) is 7.05 Å². The lowest BCUT2D eigenvalue weighted by atomic mass is 10.2. The molecule has 1 aliphatic heterocycles. The maximum absolute atomic E-state index is 10.9. The zero-order valence-electron chi connectivity index (χ0n) is 6.55. The van der Waals surface area contributed by atoms with Gasteiger partial charge in [0.1, 0.15) is 0 Å². The summed E-state index contributed by atoms with van der Waals surface area (Å²) in [4.78, 5) is 12.7. The van der Waals surface area contributed by atoms with E-state index in [9.17, 15) is 4.79 Å². The Morgan fingerprint density at radius 3 is 2.90 bits per heavy atom. The fourth-order valence-electron chi connectivity index (χ4n) is 1.29. The maximum atomic E-state index is 10.9. The van der Waals surface area contributed by atoms with Crippen molar-refractivity contribution in [3.63, 3.8) is 0 Å². The predicted octanol–water partition coefficient (Wildman–Crippen LogP) is -0.173. The minimum Gasteiger partial charge on any atom is -0.344 e. The molecule has 0 aromatic carbocycles. The molecule has 0 unspecified atom stereocenters. The molecule has 1 saturated heterocycles. The number of hydrogen-bond acceptors (Lipinski definition) is 2. The molecule has 0 aliphatic carbocycles. The number of likely N-dealkylation sites (N-methyl/N-ethyl adjacent to an activating group) is 2. The van der Waals surface area contributed by atoms with Crippen molar-refractivity contribution in [2.24, 2.45) is 0 Å². The van der Waals surface area contributed by atoms with Gasteiger partial charge < -0.3 is 10.2 Å². The number of rotatable bonds is 2. The van der Waals surface area contributed by atoms with E-state index in [1.165, 1.54) is 0 Å². The molecule has 0 spiro atoms. The lowest BCUT2D eigenvalue weighted by Crippen LogP contribution is -2.31. The third kappa shape index (κ3) is 1.48. The summed E-state index contributed by atoms with van der Waals surface area (Å²) in [5, 5.41) is 3.24. The minimum atomic E-state index is 0.256. The first-order valence-corrected chi connectivity index (χ1v) is 3.71. The lowest BCUT2D eigenvalue weighted by molar-refractivity contribution is -0.126. The van der Waals surface area contributed by atoms with Crippen molar-refractivity contribution in [2.45, 2.75) is 19.4 Å². The molecule has 0 aromatic rings. The number of carbonyl (C=O) groups is 1. The van der Waals surface area contributed by atoms with Crippen molar-refractivity contribution >= 4 is 5.91 Å². The highest BCUT2D eigenvalue weighted by atomic mass is 16.2. The van der Waals surface area contributed by atoms with E-state index in [1.54, 1.807) is 4.90 Å². The number of nitrogens with one attached hydrogen (secondary N) is 1. The molecule has 1 heterocycles. The SMILES string of the molecule is CCN[C@H]1CC(=O)N(C)C1. The van der Waals surface area contributed by atoms with E-state index in [4.69, 9.17) is 0 Å². The van der Waals surface area contributed by atoms with Gasteiger partial charge in [-0.25, -0.2) is 0 Å². The van der Waals surface area contributed by atoms with Crippen LogP contribution in [0.15, 0.2) is 0 Å². The van der Waals surface area contributed by atoms with Crippen molar-refractivity contribution < 1.29 is 4.79 Å². The minimum absolute atomic E-state index is 0.256. The standard InChI is InChI=1S/C7H14N2O/c1-3-8-6-4-7(10)9(2)5-6/h6,8H,3-5H2,1-2H3/t6-/m0/s1. The normalized spacial score (nSPS) is 26.0. The average Bonchev–Trinajstić information content (AvgIpc) is 2.14. The van der Waals surface area contributed by atoms with Gasteiger partial charge in [0, 0.05) is 26.1 Å². The van der Waals surface area contributed by atoms with Gasteiger partial charge >= 0.3 is 0 Å². The zero-order chi connectivity index (χ0) is 7.56. The fraction of sp³-hybridized carbons (Fsp3) is 0.857. The van der Waals surface area contributed by atoms with Gasteiger partial charge in [-0.05, 0) is 6.54 Å². The number of nitrogens with zero attached hydrogens (tertiary/aromatic N) is 1. The van der Waals surface area contributed by atoms with Crippen LogP contribution in [-0.4, -0.2) is 37.0 Å². The first kappa shape index (κ1) is 7.54. The molecular weight excluding hydrogens is 128 g/mol. The number of hydrogen-bond donors (Lipinski definition) is 1. The summed E-state index contributed by atoms with van der Waals surface area (Å²) in [6, 6.07) is 0.391. The molecule has 1 atom stereocenters. The van der Waals surface area contributed by atoms with Gasteiger partial charge in [-0.15, -0.1) is 0 Å². The molecule has 3 heteroatoms. The first-order chi connectivity index (χ1) is 4.74. The maximum Gasteiger partial charge on any atom is 0.224 e. The van der Waals surface area contributed by atoms with Crippen LogP contribution < -0.4 is 5.32 Å². The Hall–Kier alpha value is -0.570. The second kappa shape index (κ2) is 3.01. The van der Waals surface area contributed by atoms with Crippen molar-refractivity contribution in [3.8, 4) is 0 Å². The molecule has 1 N–H and O–H groups in total. The monoisotopic (exact) mass is 142 g/mol. The lowest BCUT2D eigenvalue weighted by Gasteiger charge is -2.09. The van der Waals surface area contributed by atoms with E-state index in [2.05, 4.69) is 12.2 Å². The molecule has 3 nitrogen and oxygen atoms in total. The van der Waals surface area contributed by atoms with Crippen molar-refractivity contribution in [1.82, 2.24) is 10.2 Å². The summed E-state index contributed by atoms with van der Waals surface area (Å²) >= 11 is 0. The highest BCUT2D eigenvalue weighted by Crippen LogP contribution is 2.07. The van der Waals surface area contributed by atoms with Crippen molar-refractivity contribution in [2.75, 3.05) is 20.1 Å². The molecule has 0 saturated carbocycles. The Balaban J connectivity index is 2.34. The van der Waals surface area contributed by atoms with E-state index < -0.39 is 0 Å². The van der Waals surface area contributed by atoms with Crippen LogP contribution in [0.1, 0.15) is 13.3 Å². The molecule has 0 bridgehead atoms. The molecule has 1 amide bonds. The molecule has 0 aromatic heterocycles. The topological polar surface area (TPSA) is 32.3 Å². The summed E-state index contributed by atoms with van der Waals surface area (Å²) in [7, 11) is 1.85. The first-order valence-electron chi connectivity index (χ1n) is 3.71. The summed E-state index contributed by atoms with van der Waals surface area (Å²) in [5.74, 6) is 0.256. The molecule has 1 fully saturated rings. The van der Waals surface area contributed by atoms with E-state index >= 15 is 0 Å². The average molecular weight is 142 g/mol. The van der Waals surface area contributed by atoms with Crippen LogP contribution in [0.2, 0.25) is 0 Å². The third-order valence-corrected chi connectivity index (χ3v) is 1.83. The molecule has 58 valence electrons. The van der Waals surface area contributed by atoms with Gasteiger partial charge in [-0.3, -0.25) is 4.79 Å². The quantitative estimate of drug-likeness (QED) is 0.580. The van der Waals surface area contributed by atoms with Crippen molar-refractivity contribution in [3.05, 3.63) is 0 Å². The molecule has 10 heavy (non-hydrogen) atoms. The Kier molecular flexibility index (Phi) is 2.27. The molecular formula is C7H14N2O. The molecule has 1 aliphatic rings. The summed E-state index contributed by atoms with van der Waals surface area (Å²) in [6.45, 7) is 3.88. The van der Waals surface area contributed by atoms with Crippen LogP contribution in [0.25, 0.3) is 0 Å². The Bertz CT molecular complexity index is 136. The Morgan fingerprint density at radius 2 is 2.50 bits per heavy atom. The van der Waals surface area contributed by atoms with Gasteiger partial charge in [0.05, 0.1) is 0 Å². The second-order valence-corrected chi connectivity index (χ2v) is 2.73. The van der Waals surface area contributed by atoms with Gasteiger partial charge in [-0.2, -0.15) is 0 Å². The van der Waals surface area contributed by atoms with Gasteiger partial charge in [0.25, 0.3) is 0 Å². The second-order valence-electron chi connectivity index (χ2n) is 2.73. The largest absolute Gasteiger partial charge is 0.344 e. The van der Waals surface area contributed by atoms with Crippen LogP contribution in [0, 0.1) is 0 Å². The van der Waals surface area contributed by atoms with E-state index in [-0.39, 0.29) is 5.91 Å². The van der Waals surface area contributed by atoms with Gasteiger partial charge in [0.15, 0.2) is 0 Å². The van der Waals surface area contributed by atoms with Crippen molar-refractivity contribution in [1.29, 1.82) is 0 Å². The highest BCUT2D eigenvalue weighted by Gasteiger charge is 2.25. The smallest absolute Gasteiger partial charge is 0.224 e. The summed E-state index contributed by atoms with van der Waals surface area (Å²) < 4.78 is 0. The summed E-state index contributed by atoms with van der Waals surface area (Å²) in [6.07, 6.45) is 0.671. The van der Waals surface area contributed by atoms with Crippen LogP contribution in [0.3, 0.4) is 0 Å². The highest BCUT2D eigenvalue weighted by molar-refractivity contribution is 5.78. The molecule has 0 radical (unpaired) electrons. The van der Waals surface area contributed by atoms with Gasteiger partial charge in [0.2, 0.25) is 5.91 Å². The number of likely N-dealkylation sites (tertiary alicyclic amines) is 1. The van der Waals surface area contributed by atoms with Gasteiger partial charge in [-0.1, -0.05) is 6.92 Å². The van der Waals surface area contributed by atoms with E-state index in [0.29, 0.717) is 12.5 Å². The Labute approximate surface area is 61.4 Å². The predicted molar refractivity (Wildman–Crippen MR) is 39.7 cm³/mol. The Morgan fingerprint density at radius 1 is 1.80 bits per heavy atom. The summed E-state index contributed by atoms with van der Waals surface area (Å²) in [5.41, 5.74) is 0. The number of carbonyl (C=O) groups excluding carboxylic acids is 1. The molecule has 1 rings (SSSR count). The van der Waals surface area contributed by atoms with E-state index in [0.717, 1.165) is 13.1 Å². The van der Waals surface area contributed by atoms with Crippen LogP contribution >= 0.6 is 0 Å².